The van der Waals surface area contributed by atoms with E-state index < -0.39 is 34.3 Å². The predicted octanol–water partition coefficient (Wildman–Crippen LogP) is 5.47. The molecule has 2 amide bonds. The molecule has 3 aromatic rings. The van der Waals surface area contributed by atoms with Gasteiger partial charge in [-0.1, -0.05) is 19.1 Å². The number of sulfonamides is 1. The Morgan fingerprint density at radius 1 is 0.952 bits per heavy atom. The Kier molecular flexibility index (Phi) is 11.8. The van der Waals surface area contributed by atoms with Crippen LogP contribution in [0.4, 0.5) is 10.1 Å². The minimum Gasteiger partial charge on any atom is -0.494 e. The van der Waals surface area contributed by atoms with Gasteiger partial charge in [-0.25, -0.2) is 12.8 Å². The molecule has 0 aromatic heterocycles. The maximum absolute atomic E-state index is 14.1. The topological polar surface area (TPSA) is 96.0 Å². The number of halogens is 1. The molecule has 11 heteroatoms. The third kappa shape index (κ3) is 8.48. The van der Waals surface area contributed by atoms with Crippen molar-refractivity contribution >= 4 is 39.3 Å². The van der Waals surface area contributed by atoms with Crippen LogP contribution in [-0.4, -0.2) is 56.6 Å². The summed E-state index contributed by atoms with van der Waals surface area (Å²) in [6.07, 6.45) is 2.18. The molecule has 0 aliphatic heterocycles. The van der Waals surface area contributed by atoms with Crippen molar-refractivity contribution in [2.75, 3.05) is 23.7 Å². The molecule has 3 aromatic carbocycles. The number of nitrogens with zero attached hydrogens (tertiary/aromatic N) is 2. The Balaban J connectivity index is 2.06. The number of rotatable bonds is 14. The third-order valence-electron chi connectivity index (χ3n) is 6.45. The van der Waals surface area contributed by atoms with E-state index in [4.69, 9.17) is 4.74 Å². The Morgan fingerprint density at radius 3 is 2.10 bits per heavy atom. The Labute approximate surface area is 252 Å². The Hall–Kier alpha value is -3.57. The molecule has 0 saturated carbocycles. The first-order chi connectivity index (χ1) is 20.0. The summed E-state index contributed by atoms with van der Waals surface area (Å²) in [6.45, 7) is 7.13. The zero-order valence-corrected chi connectivity index (χ0v) is 26.2. The van der Waals surface area contributed by atoms with Gasteiger partial charge in [0.2, 0.25) is 11.8 Å². The van der Waals surface area contributed by atoms with Crippen LogP contribution in [0.1, 0.15) is 39.7 Å². The third-order valence-corrected chi connectivity index (χ3v) is 8.98. The Bertz CT molecular complexity index is 1430. The lowest BCUT2D eigenvalue weighted by atomic mass is 10.1. The monoisotopic (exact) mass is 615 g/mol. The van der Waals surface area contributed by atoms with Crippen LogP contribution in [0.25, 0.3) is 0 Å². The molecule has 0 aliphatic rings. The molecule has 0 heterocycles. The molecule has 0 spiro atoms. The summed E-state index contributed by atoms with van der Waals surface area (Å²) in [6, 6.07) is 17.5. The first kappa shape index (κ1) is 32.9. The van der Waals surface area contributed by atoms with Crippen LogP contribution in [0.3, 0.4) is 0 Å². The number of carbonyl (C=O) groups is 2. The molecular weight excluding hydrogens is 577 g/mol. The fourth-order valence-electron chi connectivity index (χ4n) is 4.37. The van der Waals surface area contributed by atoms with Crippen LogP contribution >= 0.6 is 11.8 Å². The highest BCUT2D eigenvalue weighted by Gasteiger charge is 2.34. The summed E-state index contributed by atoms with van der Waals surface area (Å²) in [4.78, 5) is 29.5. The second kappa shape index (κ2) is 15.1. The van der Waals surface area contributed by atoms with E-state index in [1.54, 1.807) is 43.3 Å². The van der Waals surface area contributed by atoms with Gasteiger partial charge in [-0.3, -0.25) is 13.9 Å². The summed E-state index contributed by atoms with van der Waals surface area (Å²) in [5.41, 5.74) is 0.867. The summed E-state index contributed by atoms with van der Waals surface area (Å²) in [5.74, 6) is -0.806. The molecule has 0 radical (unpaired) electrons. The standard InChI is InChI=1S/C31H38FN3O5S2/c1-6-29(31(37)33-22(3)4)34(20-23-8-10-24(32)11-9-23)30(36)21-35(25-12-14-26(15-13-25)40-7-2)42(38,39)28-18-16-27(41-5)17-19-28/h8-19,22,29H,6-7,20-21H2,1-5H3,(H,33,37)/t29-/m0/s1. The maximum atomic E-state index is 14.1. The molecule has 3 rings (SSSR count). The van der Waals surface area contributed by atoms with Crippen LogP contribution in [0.15, 0.2) is 82.6 Å². The molecule has 0 unspecified atom stereocenters. The SMILES string of the molecule is CCOc1ccc(N(CC(=O)N(Cc2ccc(F)cc2)[C@@H](CC)C(=O)NC(C)C)S(=O)(=O)c2ccc(SC)cc2)cc1. The number of anilines is 1. The van der Waals surface area contributed by atoms with Crippen molar-refractivity contribution in [1.29, 1.82) is 0 Å². The second-order valence-electron chi connectivity index (χ2n) is 9.85. The van der Waals surface area contributed by atoms with E-state index in [1.807, 2.05) is 27.0 Å². The first-order valence-corrected chi connectivity index (χ1v) is 16.4. The molecule has 0 bridgehead atoms. The van der Waals surface area contributed by atoms with Crippen molar-refractivity contribution in [2.45, 2.75) is 62.5 Å². The van der Waals surface area contributed by atoms with E-state index in [1.165, 1.54) is 53.1 Å². The van der Waals surface area contributed by atoms with E-state index in [9.17, 15) is 22.4 Å². The molecule has 1 atom stereocenters. The lowest BCUT2D eigenvalue weighted by Gasteiger charge is -2.33. The minimum atomic E-state index is -4.20. The quantitative estimate of drug-likeness (QED) is 0.242. The number of ether oxygens (including phenoxy) is 1. The van der Waals surface area contributed by atoms with Crippen molar-refractivity contribution in [3.05, 3.63) is 84.2 Å². The van der Waals surface area contributed by atoms with Crippen LogP contribution in [0.2, 0.25) is 0 Å². The van der Waals surface area contributed by atoms with Crippen molar-refractivity contribution in [2.24, 2.45) is 0 Å². The first-order valence-electron chi connectivity index (χ1n) is 13.7. The number of benzene rings is 3. The summed E-state index contributed by atoms with van der Waals surface area (Å²) in [5, 5.41) is 2.85. The normalized spacial score (nSPS) is 12.1. The lowest BCUT2D eigenvalue weighted by Crippen LogP contribution is -2.53. The fourth-order valence-corrected chi connectivity index (χ4v) is 6.19. The maximum Gasteiger partial charge on any atom is 0.264 e. The molecule has 1 N–H and O–H groups in total. The zero-order valence-electron chi connectivity index (χ0n) is 24.5. The molecule has 0 aliphatic carbocycles. The minimum absolute atomic E-state index is 0.0112. The highest BCUT2D eigenvalue weighted by atomic mass is 32.2. The van der Waals surface area contributed by atoms with Gasteiger partial charge in [0.15, 0.2) is 0 Å². The Morgan fingerprint density at radius 2 is 1.57 bits per heavy atom. The average molecular weight is 616 g/mol. The van der Waals surface area contributed by atoms with Gasteiger partial charge in [0.1, 0.15) is 24.2 Å². The van der Waals surface area contributed by atoms with Crippen molar-refractivity contribution in [3.8, 4) is 5.75 Å². The molecule has 8 nitrogen and oxygen atoms in total. The zero-order chi connectivity index (χ0) is 30.9. The van der Waals surface area contributed by atoms with Gasteiger partial charge in [0, 0.05) is 17.5 Å². The number of hydrogen-bond donors (Lipinski definition) is 1. The summed E-state index contributed by atoms with van der Waals surface area (Å²) in [7, 11) is -4.20. The highest BCUT2D eigenvalue weighted by molar-refractivity contribution is 7.98. The number of nitrogens with one attached hydrogen (secondary N) is 1. The van der Waals surface area contributed by atoms with Gasteiger partial charge in [0.25, 0.3) is 10.0 Å². The van der Waals surface area contributed by atoms with Crippen molar-refractivity contribution < 1.29 is 27.1 Å². The average Bonchev–Trinajstić information content (AvgIpc) is 2.97. The number of amides is 2. The van der Waals surface area contributed by atoms with E-state index in [2.05, 4.69) is 5.32 Å². The smallest absolute Gasteiger partial charge is 0.264 e. The van der Waals surface area contributed by atoms with Gasteiger partial charge in [-0.15, -0.1) is 11.8 Å². The van der Waals surface area contributed by atoms with E-state index in [0.29, 0.717) is 17.9 Å². The predicted molar refractivity (Wildman–Crippen MR) is 165 cm³/mol. The molecule has 226 valence electrons. The summed E-state index contributed by atoms with van der Waals surface area (Å²) < 4.78 is 48.2. The van der Waals surface area contributed by atoms with Crippen LogP contribution in [-0.2, 0) is 26.2 Å². The number of thioether (sulfide) groups is 1. The number of hydrogen-bond acceptors (Lipinski definition) is 6. The van der Waals surface area contributed by atoms with Crippen molar-refractivity contribution in [3.63, 3.8) is 0 Å². The lowest BCUT2D eigenvalue weighted by molar-refractivity contribution is -0.140. The van der Waals surface area contributed by atoms with Crippen LogP contribution < -0.4 is 14.4 Å². The van der Waals surface area contributed by atoms with Gasteiger partial charge in [-0.2, -0.15) is 0 Å². The van der Waals surface area contributed by atoms with Crippen LogP contribution in [0.5, 0.6) is 5.75 Å². The molecular formula is C31H38FN3O5S2. The van der Waals surface area contributed by atoms with Gasteiger partial charge in [0.05, 0.1) is 17.2 Å². The van der Waals surface area contributed by atoms with Gasteiger partial charge < -0.3 is 15.0 Å². The summed E-state index contributed by atoms with van der Waals surface area (Å²) >= 11 is 1.48. The van der Waals surface area contributed by atoms with E-state index >= 15 is 0 Å². The van der Waals surface area contributed by atoms with Crippen molar-refractivity contribution in [1.82, 2.24) is 10.2 Å². The largest absolute Gasteiger partial charge is 0.494 e. The highest BCUT2D eigenvalue weighted by Crippen LogP contribution is 2.28. The van der Waals surface area contributed by atoms with Gasteiger partial charge in [-0.05, 0) is 99.7 Å². The van der Waals surface area contributed by atoms with E-state index in [-0.39, 0.29) is 35.5 Å². The fraction of sp³-hybridized carbons (Fsp3) is 0.355. The molecule has 0 saturated heterocycles. The van der Waals surface area contributed by atoms with E-state index in [0.717, 1.165) is 9.20 Å². The van der Waals surface area contributed by atoms with Crippen LogP contribution in [0, 0.1) is 5.82 Å². The molecule has 42 heavy (non-hydrogen) atoms. The van der Waals surface area contributed by atoms with Gasteiger partial charge >= 0.3 is 0 Å². The second-order valence-corrected chi connectivity index (χ2v) is 12.6. The number of carbonyl (C=O) groups excluding carboxylic acids is 2. The molecule has 0 fully saturated rings.